The van der Waals surface area contributed by atoms with Gasteiger partial charge in [-0.15, -0.1) is 5.10 Å². The number of carbonyl (C=O) groups is 1. The number of carbonyl (C=O) groups excluding carboxylic acids is 1. The molecule has 1 unspecified atom stereocenters. The van der Waals surface area contributed by atoms with E-state index in [2.05, 4.69) is 20.2 Å². The smallest absolute Gasteiger partial charge is 0.416 e. The molecule has 1 aliphatic heterocycles. The number of hydrogen-bond donors (Lipinski definition) is 0. The number of halogens is 4. The van der Waals surface area contributed by atoms with Crippen LogP contribution in [0.15, 0.2) is 59.8 Å². The lowest BCUT2D eigenvalue weighted by atomic mass is 9.90. The first-order valence-corrected chi connectivity index (χ1v) is 9.82. The number of rotatable bonds is 5. The molecule has 0 radical (unpaired) electrons. The maximum Gasteiger partial charge on any atom is 0.416 e. The molecule has 0 bridgehead atoms. The number of hydrazone groups is 1. The molecule has 2 aromatic carbocycles. The lowest BCUT2D eigenvalue weighted by Crippen LogP contribution is -2.21. The van der Waals surface area contributed by atoms with Gasteiger partial charge in [-0.05, 0) is 42.3 Å². The number of benzene rings is 2. The van der Waals surface area contributed by atoms with Gasteiger partial charge >= 0.3 is 6.18 Å². The van der Waals surface area contributed by atoms with E-state index in [9.17, 15) is 22.4 Å². The van der Waals surface area contributed by atoms with Gasteiger partial charge in [0.1, 0.15) is 5.82 Å². The van der Waals surface area contributed by atoms with Crippen LogP contribution in [0, 0.1) is 12.7 Å². The number of nitrogens with zero attached hydrogens (tertiary/aromatic N) is 5. The average molecular weight is 463 g/mol. The van der Waals surface area contributed by atoms with Crippen molar-refractivity contribution in [2.75, 3.05) is 13.3 Å². The SMILES string of the molecule is Cc1cn(C)nn1.O=COCN1CC(c2ccc(F)cc2)C(c2cccc(C(F)(F)F)c2)=N1. The molecule has 1 atom stereocenters. The molecular weight excluding hydrogens is 442 g/mol. The summed E-state index contributed by atoms with van der Waals surface area (Å²) in [5, 5.41) is 13.2. The van der Waals surface area contributed by atoms with Crippen molar-refractivity contribution in [3.8, 4) is 0 Å². The van der Waals surface area contributed by atoms with Gasteiger partial charge in [0.05, 0.1) is 23.5 Å². The van der Waals surface area contributed by atoms with Gasteiger partial charge in [-0.2, -0.15) is 18.3 Å². The molecule has 4 rings (SSSR count). The number of aryl methyl sites for hydroxylation is 2. The van der Waals surface area contributed by atoms with Gasteiger partial charge in [0, 0.05) is 19.2 Å². The first-order valence-electron chi connectivity index (χ1n) is 9.82. The fourth-order valence-corrected chi connectivity index (χ4v) is 3.29. The second-order valence-corrected chi connectivity index (χ2v) is 7.28. The standard InChI is InChI=1S/C18H14F4N2O2.C4H7N3/c19-15-6-4-12(5-7-15)16-9-24(10-26-11-25)23-17(16)13-2-1-3-14(8-13)18(20,21)22;1-4-3-7(2)6-5-4/h1-8,11,16H,9-10H2;3H,1-2H3. The fourth-order valence-electron chi connectivity index (χ4n) is 3.29. The van der Waals surface area contributed by atoms with Crippen molar-refractivity contribution in [1.82, 2.24) is 20.0 Å². The summed E-state index contributed by atoms with van der Waals surface area (Å²) < 4.78 is 58.6. The van der Waals surface area contributed by atoms with E-state index in [1.54, 1.807) is 16.8 Å². The summed E-state index contributed by atoms with van der Waals surface area (Å²) >= 11 is 0. The molecular formula is C22H21F4N5O2. The molecule has 0 aliphatic carbocycles. The Kier molecular flexibility index (Phi) is 7.41. The van der Waals surface area contributed by atoms with Gasteiger partial charge < -0.3 is 4.74 Å². The predicted octanol–water partition coefficient (Wildman–Crippen LogP) is 3.90. The normalized spacial score (nSPS) is 15.5. The highest BCUT2D eigenvalue weighted by Crippen LogP contribution is 2.33. The summed E-state index contributed by atoms with van der Waals surface area (Å²) in [6, 6.07) is 10.5. The van der Waals surface area contributed by atoms with Crippen LogP contribution in [-0.2, 0) is 22.8 Å². The second-order valence-electron chi connectivity index (χ2n) is 7.28. The van der Waals surface area contributed by atoms with E-state index in [1.807, 2.05) is 20.2 Å². The molecule has 0 spiro atoms. The molecule has 33 heavy (non-hydrogen) atoms. The van der Waals surface area contributed by atoms with Crippen LogP contribution in [0.4, 0.5) is 17.6 Å². The molecule has 11 heteroatoms. The number of aromatic nitrogens is 3. The van der Waals surface area contributed by atoms with Crippen LogP contribution in [-0.4, -0.2) is 45.5 Å². The quantitative estimate of drug-likeness (QED) is 0.424. The average Bonchev–Trinajstić information content (AvgIpc) is 3.38. The Balaban J connectivity index is 0.000000374. The Morgan fingerprint density at radius 2 is 1.91 bits per heavy atom. The molecule has 0 fully saturated rings. The third-order valence-corrected chi connectivity index (χ3v) is 4.74. The second kappa shape index (κ2) is 10.2. The highest BCUT2D eigenvalue weighted by molar-refractivity contribution is 6.06. The fraction of sp³-hybridized carbons (Fsp3) is 0.273. The summed E-state index contributed by atoms with van der Waals surface area (Å²) in [4.78, 5) is 10.4. The molecule has 1 aromatic heterocycles. The van der Waals surface area contributed by atoms with Crippen molar-refractivity contribution in [1.29, 1.82) is 0 Å². The molecule has 0 saturated carbocycles. The van der Waals surface area contributed by atoms with Crippen LogP contribution >= 0.6 is 0 Å². The van der Waals surface area contributed by atoms with Crippen LogP contribution in [0.5, 0.6) is 0 Å². The molecule has 2 heterocycles. The predicted molar refractivity (Wildman–Crippen MR) is 112 cm³/mol. The molecule has 174 valence electrons. The topological polar surface area (TPSA) is 72.6 Å². The Morgan fingerprint density at radius 3 is 2.45 bits per heavy atom. The van der Waals surface area contributed by atoms with Gasteiger partial charge in [-0.1, -0.05) is 29.5 Å². The first-order chi connectivity index (χ1) is 15.7. The monoisotopic (exact) mass is 463 g/mol. The van der Waals surface area contributed by atoms with Crippen LogP contribution in [0.1, 0.15) is 28.3 Å². The summed E-state index contributed by atoms with van der Waals surface area (Å²) in [5.41, 5.74) is 1.59. The maximum atomic E-state index is 13.2. The van der Waals surface area contributed by atoms with Gasteiger partial charge in [0.25, 0.3) is 6.47 Å². The molecule has 0 saturated heterocycles. The third-order valence-electron chi connectivity index (χ3n) is 4.74. The van der Waals surface area contributed by atoms with Gasteiger partial charge in [0.15, 0.2) is 6.73 Å². The Hall–Kier alpha value is -3.76. The van der Waals surface area contributed by atoms with E-state index in [0.717, 1.165) is 17.8 Å². The van der Waals surface area contributed by atoms with Gasteiger partial charge in [0.2, 0.25) is 0 Å². The number of ether oxygens (including phenoxy) is 1. The summed E-state index contributed by atoms with van der Waals surface area (Å²) in [6.07, 6.45) is -2.61. The Bertz CT molecular complexity index is 1100. The minimum atomic E-state index is -4.47. The van der Waals surface area contributed by atoms with Crippen molar-refractivity contribution >= 4 is 12.2 Å². The zero-order valence-corrected chi connectivity index (χ0v) is 17.8. The van der Waals surface area contributed by atoms with Gasteiger partial charge in [-0.25, -0.2) is 4.39 Å². The van der Waals surface area contributed by atoms with Crippen LogP contribution < -0.4 is 0 Å². The first kappa shape index (κ1) is 23.9. The van der Waals surface area contributed by atoms with Gasteiger partial charge in [-0.3, -0.25) is 14.5 Å². The van der Waals surface area contributed by atoms with E-state index < -0.39 is 17.6 Å². The molecule has 0 amide bonds. The van der Waals surface area contributed by atoms with E-state index in [0.29, 0.717) is 23.4 Å². The number of hydrogen-bond acceptors (Lipinski definition) is 6. The van der Waals surface area contributed by atoms with Crippen LogP contribution in [0.3, 0.4) is 0 Å². The largest absolute Gasteiger partial charge is 0.445 e. The zero-order valence-electron chi connectivity index (χ0n) is 17.8. The molecule has 7 nitrogen and oxygen atoms in total. The molecule has 1 aliphatic rings. The van der Waals surface area contributed by atoms with Crippen molar-refractivity contribution in [2.45, 2.75) is 19.0 Å². The van der Waals surface area contributed by atoms with Crippen LogP contribution in [0.2, 0.25) is 0 Å². The minimum Gasteiger partial charge on any atom is -0.445 e. The van der Waals surface area contributed by atoms with E-state index in [-0.39, 0.29) is 19.1 Å². The summed E-state index contributed by atoms with van der Waals surface area (Å²) in [7, 11) is 1.85. The summed E-state index contributed by atoms with van der Waals surface area (Å²) in [6.45, 7) is 2.35. The van der Waals surface area contributed by atoms with Crippen molar-refractivity contribution in [3.05, 3.63) is 82.9 Å². The lowest BCUT2D eigenvalue weighted by molar-refractivity contribution is -0.137. The molecule has 0 N–H and O–H groups in total. The van der Waals surface area contributed by atoms with Crippen molar-refractivity contribution < 1.29 is 27.1 Å². The third kappa shape index (κ3) is 6.37. The lowest BCUT2D eigenvalue weighted by Gasteiger charge is -2.16. The Morgan fingerprint density at radius 1 is 1.18 bits per heavy atom. The highest BCUT2D eigenvalue weighted by Gasteiger charge is 2.33. The maximum absolute atomic E-state index is 13.2. The van der Waals surface area contributed by atoms with Crippen molar-refractivity contribution in [3.63, 3.8) is 0 Å². The van der Waals surface area contributed by atoms with E-state index >= 15 is 0 Å². The highest BCUT2D eigenvalue weighted by atomic mass is 19.4. The molecule has 3 aromatic rings. The van der Waals surface area contributed by atoms with Crippen molar-refractivity contribution in [2.24, 2.45) is 12.1 Å². The summed E-state index contributed by atoms with van der Waals surface area (Å²) in [5.74, 6) is -0.792. The zero-order chi connectivity index (χ0) is 24.0. The van der Waals surface area contributed by atoms with Crippen LogP contribution in [0.25, 0.3) is 0 Å². The van der Waals surface area contributed by atoms with E-state index in [4.69, 9.17) is 0 Å². The minimum absolute atomic E-state index is 0.121. The number of alkyl halides is 3. The Labute approximate surface area is 187 Å². The van der Waals surface area contributed by atoms with E-state index in [1.165, 1.54) is 29.3 Å².